The molecule has 2 rings (SSSR count). The van der Waals surface area contributed by atoms with Crippen LogP contribution in [0.4, 0.5) is 24.5 Å². The lowest BCUT2D eigenvalue weighted by Crippen LogP contribution is -2.32. The number of hydrogen-bond donors (Lipinski definition) is 1. The van der Waals surface area contributed by atoms with Gasteiger partial charge in [-0.3, -0.25) is 9.59 Å². The number of amides is 2. The van der Waals surface area contributed by atoms with Crippen molar-refractivity contribution in [2.24, 2.45) is 0 Å². The van der Waals surface area contributed by atoms with Gasteiger partial charge >= 0.3 is 6.18 Å². The van der Waals surface area contributed by atoms with Gasteiger partial charge in [0.2, 0.25) is 11.8 Å². The quantitative estimate of drug-likeness (QED) is 0.753. The topological polar surface area (TPSA) is 58.6 Å². The molecule has 0 aliphatic carbocycles. The average Bonchev–Trinajstić information content (AvgIpc) is 2.63. The van der Waals surface area contributed by atoms with E-state index < -0.39 is 17.6 Å². The standard InChI is InChI=1S/C20H21F3N2O3/c1-3-28-18-7-5-4-6-17(18)25(14(2)26)13-12-19(27)24-16-10-8-15(9-11-16)20(21,22)23/h4-11H,3,12-13H2,1-2H3,(H,24,27). The lowest BCUT2D eigenvalue weighted by Gasteiger charge is -2.23. The van der Waals surface area contributed by atoms with Gasteiger partial charge in [0.1, 0.15) is 5.75 Å². The Morgan fingerprint density at radius 3 is 2.29 bits per heavy atom. The van der Waals surface area contributed by atoms with Crippen molar-refractivity contribution in [2.75, 3.05) is 23.4 Å². The van der Waals surface area contributed by atoms with Crippen molar-refractivity contribution in [2.45, 2.75) is 26.4 Å². The Balaban J connectivity index is 2.02. The fourth-order valence-electron chi connectivity index (χ4n) is 2.58. The molecule has 0 fully saturated rings. The molecule has 1 N–H and O–H groups in total. The van der Waals surface area contributed by atoms with Gasteiger partial charge in [-0.2, -0.15) is 13.2 Å². The van der Waals surface area contributed by atoms with Gasteiger partial charge in [-0.25, -0.2) is 0 Å². The Labute approximate surface area is 161 Å². The zero-order valence-corrected chi connectivity index (χ0v) is 15.5. The van der Waals surface area contributed by atoms with Gasteiger partial charge < -0.3 is 15.0 Å². The average molecular weight is 394 g/mol. The second-order valence-electron chi connectivity index (χ2n) is 5.94. The van der Waals surface area contributed by atoms with E-state index in [9.17, 15) is 22.8 Å². The third-order valence-electron chi connectivity index (χ3n) is 3.89. The van der Waals surface area contributed by atoms with Crippen molar-refractivity contribution < 1.29 is 27.5 Å². The van der Waals surface area contributed by atoms with E-state index in [1.165, 1.54) is 24.0 Å². The molecule has 2 aromatic carbocycles. The number of alkyl halides is 3. The van der Waals surface area contributed by atoms with Crippen molar-refractivity contribution in [1.82, 2.24) is 0 Å². The van der Waals surface area contributed by atoms with Gasteiger partial charge in [-0.1, -0.05) is 12.1 Å². The number of carbonyl (C=O) groups is 2. The Morgan fingerprint density at radius 1 is 1.07 bits per heavy atom. The molecule has 0 saturated heterocycles. The van der Waals surface area contributed by atoms with Gasteiger partial charge in [0.25, 0.3) is 0 Å². The number of nitrogens with zero attached hydrogens (tertiary/aromatic N) is 1. The SMILES string of the molecule is CCOc1ccccc1N(CCC(=O)Nc1ccc(C(F)(F)F)cc1)C(C)=O. The fourth-order valence-corrected chi connectivity index (χ4v) is 2.58. The number of halogens is 3. The summed E-state index contributed by atoms with van der Waals surface area (Å²) in [6, 6.07) is 11.2. The normalized spacial score (nSPS) is 11.0. The van der Waals surface area contributed by atoms with E-state index >= 15 is 0 Å². The summed E-state index contributed by atoms with van der Waals surface area (Å²) in [5.74, 6) is -0.141. The molecule has 0 atom stereocenters. The van der Waals surface area contributed by atoms with Crippen molar-refractivity contribution in [3.8, 4) is 5.75 Å². The minimum Gasteiger partial charge on any atom is -0.492 e. The molecule has 2 aromatic rings. The first kappa shape index (κ1) is 21.3. The molecular weight excluding hydrogens is 373 g/mol. The van der Waals surface area contributed by atoms with Crippen molar-refractivity contribution >= 4 is 23.2 Å². The molecule has 0 saturated carbocycles. The molecule has 28 heavy (non-hydrogen) atoms. The highest BCUT2D eigenvalue weighted by Gasteiger charge is 2.30. The minimum atomic E-state index is -4.43. The van der Waals surface area contributed by atoms with Crippen LogP contribution in [0.1, 0.15) is 25.8 Å². The summed E-state index contributed by atoms with van der Waals surface area (Å²) in [7, 11) is 0. The van der Waals surface area contributed by atoms with E-state index in [0.29, 0.717) is 18.0 Å². The minimum absolute atomic E-state index is 0.0267. The highest BCUT2D eigenvalue weighted by molar-refractivity contribution is 5.95. The van der Waals surface area contributed by atoms with Gasteiger partial charge in [0.05, 0.1) is 17.9 Å². The monoisotopic (exact) mass is 394 g/mol. The largest absolute Gasteiger partial charge is 0.492 e. The molecule has 0 bridgehead atoms. The van der Waals surface area contributed by atoms with Crippen LogP contribution < -0.4 is 15.0 Å². The van der Waals surface area contributed by atoms with Crippen LogP contribution in [0.5, 0.6) is 5.75 Å². The van der Waals surface area contributed by atoms with Crippen LogP contribution in [0.15, 0.2) is 48.5 Å². The summed E-state index contributed by atoms with van der Waals surface area (Å²) < 4.78 is 43.3. The number of benzene rings is 2. The van der Waals surface area contributed by atoms with Gasteiger partial charge in [-0.15, -0.1) is 0 Å². The van der Waals surface area contributed by atoms with Crippen LogP contribution in [-0.4, -0.2) is 25.0 Å². The van der Waals surface area contributed by atoms with Crippen molar-refractivity contribution in [1.29, 1.82) is 0 Å². The second-order valence-corrected chi connectivity index (χ2v) is 5.94. The molecule has 0 aliphatic heterocycles. The first-order valence-electron chi connectivity index (χ1n) is 8.69. The molecule has 2 amide bonds. The summed E-state index contributed by atoms with van der Waals surface area (Å²) in [6.07, 6.45) is -4.46. The molecule has 0 spiro atoms. The van der Waals surface area contributed by atoms with E-state index in [4.69, 9.17) is 4.74 Å². The molecule has 0 radical (unpaired) electrons. The lowest BCUT2D eigenvalue weighted by atomic mass is 10.2. The smallest absolute Gasteiger partial charge is 0.416 e. The van der Waals surface area contributed by atoms with E-state index in [1.807, 2.05) is 6.92 Å². The van der Waals surface area contributed by atoms with Crippen LogP contribution in [0.3, 0.4) is 0 Å². The molecule has 150 valence electrons. The van der Waals surface area contributed by atoms with Crippen LogP contribution in [0.25, 0.3) is 0 Å². The molecule has 0 aromatic heterocycles. The van der Waals surface area contributed by atoms with Crippen LogP contribution >= 0.6 is 0 Å². The maximum atomic E-state index is 12.6. The molecule has 0 unspecified atom stereocenters. The number of carbonyl (C=O) groups excluding carboxylic acids is 2. The van der Waals surface area contributed by atoms with Gasteiger partial charge in [0, 0.05) is 25.6 Å². The fraction of sp³-hybridized carbons (Fsp3) is 0.300. The zero-order chi connectivity index (χ0) is 20.7. The Hall–Kier alpha value is -3.03. The molecule has 0 heterocycles. The van der Waals surface area contributed by atoms with Gasteiger partial charge in [-0.05, 0) is 43.3 Å². The van der Waals surface area contributed by atoms with E-state index in [-0.39, 0.29) is 24.6 Å². The summed E-state index contributed by atoms with van der Waals surface area (Å²) >= 11 is 0. The van der Waals surface area contributed by atoms with Crippen LogP contribution in [-0.2, 0) is 15.8 Å². The number of anilines is 2. The van der Waals surface area contributed by atoms with Crippen LogP contribution in [0, 0.1) is 0 Å². The molecular formula is C20H21F3N2O3. The summed E-state index contributed by atoms with van der Waals surface area (Å²) in [5, 5.41) is 2.53. The summed E-state index contributed by atoms with van der Waals surface area (Å²) in [6.45, 7) is 3.74. The van der Waals surface area contributed by atoms with Crippen LogP contribution in [0.2, 0.25) is 0 Å². The number of rotatable bonds is 7. The van der Waals surface area contributed by atoms with Gasteiger partial charge in [0.15, 0.2) is 0 Å². The predicted octanol–water partition coefficient (Wildman–Crippen LogP) is 4.49. The number of para-hydroxylation sites is 2. The highest BCUT2D eigenvalue weighted by Crippen LogP contribution is 2.30. The number of hydrogen-bond acceptors (Lipinski definition) is 3. The maximum Gasteiger partial charge on any atom is 0.416 e. The molecule has 0 aliphatic rings. The second kappa shape index (κ2) is 9.25. The summed E-state index contributed by atoms with van der Waals surface area (Å²) in [5.41, 5.74) is 0.0158. The summed E-state index contributed by atoms with van der Waals surface area (Å²) in [4.78, 5) is 25.6. The van der Waals surface area contributed by atoms with E-state index in [0.717, 1.165) is 12.1 Å². The maximum absolute atomic E-state index is 12.6. The Bertz CT molecular complexity index is 820. The highest BCUT2D eigenvalue weighted by atomic mass is 19.4. The van der Waals surface area contributed by atoms with E-state index in [1.54, 1.807) is 24.3 Å². The van der Waals surface area contributed by atoms with Crippen molar-refractivity contribution in [3.63, 3.8) is 0 Å². The third-order valence-corrected chi connectivity index (χ3v) is 3.89. The first-order valence-corrected chi connectivity index (χ1v) is 8.69. The number of ether oxygens (including phenoxy) is 1. The number of nitrogens with one attached hydrogen (secondary N) is 1. The zero-order valence-electron chi connectivity index (χ0n) is 15.5. The Kier molecular flexibility index (Phi) is 7.03. The predicted molar refractivity (Wildman–Crippen MR) is 100 cm³/mol. The third kappa shape index (κ3) is 5.73. The lowest BCUT2D eigenvalue weighted by molar-refractivity contribution is -0.137. The van der Waals surface area contributed by atoms with E-state index in [2.05, 4.69) is 5.32 Å². The first-order chi connectivity index (χ1) is 13.2. The molecule has 5 nitrogen and oxygen atoms in total. The molecule has 8 heteroatoms. The Morgan fingerprint density at radius 2 is 1.71 bits per heavy atom. The van der Waals surface area contributed by atoms with Crippen molar-refractivity contribution in [3.05, 3.63) is 54.1 Å².